The third kappa shape index (κ3) is 3.52. The second kappa shape index (κ2) is 6.00. The molecule has 0 aromatic carbocycles. The van der Waals surface area contributed by atoms with Gasteiger partial charge in [0.2, 0.25) is 0 Å². The molecule has 1 aromatic heterocycles. The van der Waals surface area contributed by atoms with Crippen molar-refractivity contribution in [3.05, 3.63) is 32.6 Å². The van der Waals surface area contributed by atoms with E-state index in [0.29, 0.717) is 10.8 Å². The molecule has 1 aliphatic rings. The highest BCUT2D eigenvalue weighted by Crippen LogP contribution is 2.27. The van der Waals surface area contributed by atoms with E-state index in [2.05, 4.69) is 0 Å². The monoisotopic (exact) mass is 310 g/mol. The Morgan fingerprint density at radius 3 is 2.76 bits per heavy atom. The summed E-state index contributed by atoms with van der Waals surface area (Å²) in [7, 11) is 0. The molecule has 0 spiro atoms. The Morgan fingerprint density at radius 1 is 1.43 bits per heavy atom. The summed E-state index contributed by atoms with van der Waals surface area (Å²) >= 11 is 0. The van der Waals surface area contributed by atoms with Crippen LogP contribution in [0.25, 0.3) is 0 Å². The van der Waals surface area contributed by atoms with Gasteiger partial charge in [-0.25, -0.2) is 4.79 Å². The lowest BCUT2D eigenvalue weighted by Gasteiger charge is -2.21. The predicted molar refractivity (Wildman–Crippen MR) is 62.8 cm³/mol. The van der Waals surface area contributed by atoms with Crippen LogP contribution < -0.4 is 11.2 Å². The molecule has 0 saturated carbocycles. The molecule has 2 atom stereocenters. The number of aromatic amines is 1. The molecule has 10 heteroatoms. The topological polar surface area (TPSA) is 93.6 Å². The average molecular weight is 310 g/mol. The van der Waals surface area contributed by atoms with E-state index in [9.17, 15) is 22.8 Å². The first-order valence-corrected chi connectivity index (χ1v) is 6.09. The highest BCUT2D eigenvalue weighted by molar-refractivity contribution is 5.09. The van der Waals surface area contributed by atoms with E-state index in [1.54, 1.807) is 4.98 Å². The number of nitrogens with zero attached hydrogens (tertiary/aromatic N) is 1. The number of aromatic nitrogens is 2. The van der Waals surface area contributed by atoms with E-state index >= 15 is 0 Å². The van der Waals surface area contributed by atoms with Crippen molar-refractivity contribution in [2.75, 3.05) is 19.8 Å². The summed E-state index contributed by atoms with van der Waals surface area (Å²) in [4.78, 5) is 24.5. The Kier molecular flexibility index (Phi) is 4.49. The number of H-pyrrole nitrogens is 1. The highest BCUT2D eigenvalue weighted by Gasteiger charge is 2.36. The number of halogens is 3. The number of rotatable bonds is 2. The van der Waals surface area contributed by atoms with Gasteiger partial charge in [-0.1, -0.05) is 0 Å². The number of ether oxygens (including phenoxy) is 2. The number of hydrogen-bond acceptors (Lipinski definition) is 5. The van der Waals surface area contributed by atoms with E-state index in [1.807, 2.05) is 0 Å². The van der Waals surface area contributed by atoms with Crippen LogP contribution >= 0.6 is 0 Å². The van der Waals surface area contributed by atoms with Crippen LogP contribution in [0, 0.1) is 0 Å². The van der Waals surface area contributed by atoms with E-state index < -0.39 is 41.9 Å². The third-order valence-corrected chi connectivity index (χ3v) is 2.95. The van der Waals surface area contributed by atoms with Gasteiger partial charge in [0.1, 0.15) is 17.9 Å². The molecule has 1 saturated heterocycles. The molecule has 118 valence electrons. The number of aliphatic hydroxyl groups excluding tert-OH is 1. The van der Waals surface area contributed by atoms with Crippen molar-refractivity contribution in [1.82, 2.24) is 9.55 Å². The molecule has 1 fully saturated rings. The Hall–Kier alpha value is -1.65. The molecule has 2 N–H and O–H groups in total. The van der Waals surface area contributed by atoms with Crippen LogP contribution in [0.5, 0.6) is 0 Å². The summed E-state index contributed by atoms with van der Waals surface area (Å²) < 4.78 is 49.2. The molecule has 0 aliphatic carbocycles. The van der Waals surface area contributed by atoms with E-state index in [0.717, 1.165) is 0 Å². The lowest BCUT2D eigenvalue weighted by Crippen LogP contribution is -2.38. The van der Waals surface area contributed by atoms with Crippen LogP contribution in [0.15, 0.2) is 15.8 Å². The Morgan fingerprint density at radius 2 is 2.14 bits per heavy atom. The van der Waals surface area contributed by atoms with E-state index in [1.165, 1.54) is 0 Å². The van der Waals surface area contributed by atoms with E-state index in [-0.39, 0.29) is 19.6 Å². The number of nitrogens with one attached hydrogen (secondary N) is 1. The minimum atomic E-state index is -4.89. The first-order valence-electron chi connectivity index (χ1n) is 6.09. The zero-order valence-electron chi connectivity index (χ0n) is 10.7. The second-order valence-electron chi connectivity index (χ2n) is 4.47. The summed E-state index contributed by atoms with van der Waals surface area (Å²) in [5.41, 5.74) is -4.01. The molecule has 1 aliphatic heterocycles. The van der Waals surface area contributed by atoms with Gasteiger partial charge in [-0.15, -0.1) is 0 Å². The molecule has 21 heavy (non-hydrogen) atoms. The van der Waals surface area contributed by atoms with Gasteiger partial charge in [-0.2, -0.15) is 13.2 Å². The van der Waals surface area contributed by atoms with Crippen molar-refractivity contribution in [3.63, 3.8) is 0 Å². The van der Waals surface area contributed by atoms with Crippen LogP contribution in [0.2, 0.25) is 0 Å². The van der Waals surface area contributed by atoms with Crippen molar-refractivity contribution < 1.29 is 27.8 Å². The first-order chi connectivity index (χ1) is 9.82. The standard InChI is InChI=1S/C11H13F3N2O5/c12-11(13,14)7-3-16(10(19)15-9(7)18)8-1-2-20-5-6(4-17)21-8/h3,6,8,17H,1-2,4-5H2,(H,15,18,19)/t6-,8-/m0/s1. The minimum absolute atomic E-state index is 0.0667. The van der Waals surface area contributed by atoms with Crippen LogP contribution in [0.1, 0.15) is 18.2 Å². The zero-order chi connectivity index (χ0) is 15.6. The van der Waals surface area contributed by atoms with Crippen LogP contribution in [-0.4, -0.2) is 40.6 Å². The molecule has 0 unspecified atom stereocenters. The maximum Gasteiger partial charge on any atom is 0.423 e. The fourth-order valence-electron chi connectivity index (χ4n) is 1.93. The van der Waals surface area contributed by atoms with Crippen molar-refractivity contribution in [2.45, 2.75) is 24.9 Å². The predicted octanol–water partition coefficient (Wildman–Crippen LogP) is -0.148. The van der Waals surface area contributed by atoms with Gasteiger partial charge < -0.3 is 14.6 Å². The lowest BCUT2D eigenvalue weighted by molar-refractivity contribution is -0.140. The van der Waals surface area contributed by atoms with Crippen molar-refractivity contribution >= 4 is 0 Å². The zero-order valence-corrected chi connectivity index (χ0v) is 10.7. The average Bonchev–Trinajstić information content (AvgIpc) is 2.62. The normalized spacial score (nSPS) is 23.8. The Balaban J connectivity index is 2.43. The third-order valence-electron chi connectivity index (χ3n) is 2.95. The number of hydrogen-bond donors (Lipinski definition) is 2. The van der Waals surface area contributed by atoms with Crippen molar-refractivity contribution in [2.24, 2.45) is 0 Å². The summed E-state index contributed by atoms with van der Waals surface area (Å²) in [5, 5.41) is 9.05. The van der Waals surface area contributed by atoms with Gasteiger partial charge in [-0.3, -0.25) is 14.3 Å². The largest absolute Gasteiger partial charge is 0.423 e. The van der Waals surface area contributed by atoms with Gasteiger partial charge in [0.15, 0.2) is 0 Å². The van der Waals surface area contributed by atoms with Gasteiger partial charge in [0.05, 0.1) is 19.8 Å². The van der Waals surface area contributed by atoms with Gasteiger partial charge in [0.25, 0.3) is 5.56 Å². The number of alkyl halides is 3. The quantitative estimate of drug-likeness (QED) is 0.792. The highest BCUT2D eigenvalue weighted by atomic mass is 19.4. The Labute approximate surface area is 115 Å². The summed E-state index contributed by atoms with van der Waals surface area (Å²) in [6, 6.07) is 0. The molecule has 0 radical (unpaired) electrons. The molecule has 7 nitrogen and oxygen atoms in total. The van der Waals surface area contributed by atoms with Crippen LogP contribution in [0.3, 0.4) is 0 Å². The summed E-state index contributed by atoms with van der Waals surface area (Å²) in [6.07, 6.45) is -6.17. The molecule has 1 aromatic rings. The SMILES string of the molecule is O=c1[nH]c(=O)n([C@@H]2CCOC[C@H](CO)O2)cc1C(F)(F)F. The minimum Gasteiger partial charge on any atom is -0.394 e. The van der Waals surface area contributed by atoms with Crippen LogP contribution in [0.4, 0.5) is 13.2 Å². The van der Waals surface area contributed by atoms with Crippen LogP contribution in [-0.2, 0) is 15.7 Å². The lowest BCUT2D eigenvalue weighted by atomic mass is 10.3. The molecule has 2 heterocycles. The van der Waals surface area contributed by atoms with Gasteiger partial charge in [-0.05, 0) is 0 Å². The summed E-state index contributed by atoms with van der Waals surface area (Å²) in [6.45, 7) is -0.188. The maximum absolute atomic E-state index is 12.7. The van der Waals surface area contributed by atoms with Crippen molar-refractivity contribution in [1.29, 1.82) is 0 Å². The van der Waals surface area contributed by atoms with Gasteiger partial charge in [0, 0.05) is 12.6 Å². The maximum atomic E-state index is 12.7. The Bertz CT molecular complexity index is 609. The summed E-state index contributed by atoms with van der Waals surface area (Å²) in [5.74, 6) is 0. The fourth-order valence-corrected chi connectivity index (χ4v) is 1.93. The van der Waals surface area contributed by atoms with Gasteiger partial charge >= 0.3 is 11.9 Å². The first kappa shape index (κ1) is 15.7. The molecular formula is C11H13F3N2O5. The van der Waals surface area contributed by atoms with E-state index in [4.69, 9.17) is 14.6 Å². The molecular weight excluding hydrogens is 297 g/mol. The fraction of sp³-hybridized carbons (Fsp3) is 0.636. The molecule has 0 bridgehead atoms. The smallest absolute Gasteiger partial charge is 0.394 e. The molecule has 0 amide bonds. The molecule has 2 rings (SSSR count). The second-order valence-corrected chi connectivity index (χ2v) is 4.47. The number of aliphatic hydroxyl groups is 1. The van der Waals surface area contributed by atoms with Crippen molar-refractivity contribution in [3.8, 4) is 0 Å².